The van der Waals surface area contributed by atoms with Gasteiger partial charge in [0.25, 0.3) is 0 Å². The second-order valence-corrected chi connectivity index (χ2v) is 6.08. The Labute approximate surface area is 85.6 Å². The average molecular weight is 216 g/mol. The second-order valence-electron chi connectivity index (χ2n) is 3.77. The van der Waals surface area contributed by atoms with Crippen molar-refractivity contribution >= 4 is 10.0 Å². The maximum absolute atomic E-state index is 11.8. The number of hydrogen-bond donors (Lipinski definition) is 0. The van der Waals surface area contributed by atoms with Crippen molar-refractivity contribution in [3.63, 3.8) is 0 Å². The molecule has 0 aromatic rings. The molecule has 0 N–H and O–H groups in total. The third-order valence-electron chi connectivity index (χ3n) is 2.87. The molecule has 0 radical (unpaired) electrons. The number of nitriles is 1. The summed E-state index contributed by atoms with van der Waals surface area (Å²) in [6.45, 7) is 1.43. The average Bonchev–Trinajstić information content (AvgIpc) is 2.67. The molecule has 1 saturated carbocycles. The fourth-order valence-electron chi connectivity index (χ4n) is 1.79. The summed E-state index contributed by atoms with van der Waals surface area (Å²) in [6, 6.07) is 1.89. The molecule has 4 nitrogen and oxygen atoms in total. The third kappa shape index (κ3) is 2.07. The molecule has 1 unspecified atom stereocenters. The van der Waals surface area contributed by atoms with Gasteiger partial charge in [0, 0.05) is 13.1 Å². The van der Waals surface area contributed by atoms with Crippen molar-refractivity contribution in [2.24, 2.45) is 0 Å². The van der Waals surface area contributed by atoms with Crippen LogP contribution in [0.25, 0.3) is 0 Å². The van der Waals surface area contributed by atoms with E-state index in [1.165, 1.54) is 11.2 Å². The first kappa shape index (κ1) is 11.5. The van der Waals surface area contributed by atoms with E-state index < -0.39 is 15.3 Å². The molecular weight excluding hydrogens is 200 g/mol. The first-order chi connectivity index (χ1) is 6.50. The number of sulfonamides is 1. The molecular formula is C9H16N2O2S. The minimum atomic E-state index is -3.40. The van der Waals surface area contributed by atoms with E-state index in [0.717, 1.165) is 25.7 Å². The van der Waals surface area contributed by atoms with Crippen LogP contribution in [0.15, 0.2) is 0 Å². The highest BCUT2D eigenvalue weighted by atomic mass is 32.2. The van der Waals surface area contributed by atoms with Crippen LogP contribution in [0.3, 0.4) is 0 Å². The number of nitrogens with zero attached hydrogens (tertiary/aromatic N) is 2. The van der Waals surface area contributed by atoms with E-state index in [2.05, 4.69) is 0 Å². The molecule has 1 atom stereocenters. The van der Waals surface area contributed by atoms with Gasteiger partial charge in [-0.25, -0.2) is 12.7 Å². The van der Waals surface area contributed by atoms with Crippen LogP contribution >= 0.6 is 0 Å². The van der Waals surface area contributed by atoms with Crippen molar-refractivity contribution in [2.75, 3.05) is 7.05 Å². The van der Waals surface area contributed by atoms with Gasteiger partial charge in [-0.05, 0) is 19.8 Å². The lowest BCUT2D eigenvalue weighted by molar-refractivity contribution is 0.371. The van der Waals surface area contributed by atoms with Crippen molar-refractivity contribution in [1.82, 2.24) is 4.31 Å². The SMILES string of the molecule is CC(C#N)S(=O)(=O)N(C)C1CCCC1. The first-order valence-corrected chi connectivity index (χ1v) is 6.37. The Balaban J connectivity index is 2.77. The maximum atomic E-state index is 11.8. The summed E-state index contributed by atoms with van der Waals surface area (Å²) in [6.07, 6.45) is 4.03. The van der Waals surface area contributed by atoms with E-state index in [9.17, 15) is 8.42 Å². The lowest BCUT2D eigenvalue weighted by atomic mass is 10.3. The molecule has 0 saturated heterocycles. The van der Waals surface area contributed by atoms with E-state index in [0.29, 0.717) is 0 Å². The Morgan fingerprint density at radius 3 is 2.36 bits per heavy atom. The Morgan fingerprint density at radius 1 is 1.43 bits per heavy atom. The number of hydrogen-bond acceptors (Lipinski definition) is 3. The molecule has 0 amide bonds. The largest absolute Gasteiger partial charge is 0.230 e. The van der Waals surface area contributed by atoms with E-state index >= 15 is 0 Å². The standard InChI is InChI=1S/C9H16N2O2S/c1-8(7-10)14(12,13)11(2)9-5-3-4-6-9/h8-9H,3-6H2,1-2H3. The van der Waals surface area contributed by atoms with Gasteiger partial charge in [0.15, 0.2) is 5.25 Å². The predicted octanol–water partition coefficient (Wildman–Crippen LogP) is 1.10. The summed E-state index contributed by atoms with van der Waals surface area (Å²) in [5.74, 6) is 0. The van der Waals surface area contributed by atoms with Crippen LogP contribution in [-0.4, -0.2) is 31.1 Å². The van der Waals surface area contributed by atoms with Gasteiger partial charge in [-0.2, -0.15) is 5.26 Å². The van der Waals surface area contributed by atoms with Crippen LogP contribution in [0.1, 0.15) is 32.6 Å². The van der Waals surface area contributed by atoms with Crippen molar-refractivity contribution in [3.05, 3.63) is 0 Å². The van der Waals surface area contributed by atoms with Gasteiger partial charge in [0.1, 0.15) is 0 Å². The fourth-order valence-corrected chi connectivity index (χ4v) is 3.05. The fraction of sp³-hybridized carbons (Fsp3) is 0.889. The zero-order chi connectivity index (χ0) is 10.8. The maximum Gasteiger partial charge on any atom is 0.230 e. The van der Waals surface area contributed by atoms with Gasteiger partial charge in [-0.3, -0.25) is 0 Å². The van der Waals surface area contributed by atoms with E-state index in [1.807, 2.05) is 0 Å². The third-order valence-corrected chi connectivity index (χ3v) is 4.97. The van der Waals surface area contributed by atoms with Crippen molar-refractivity contribution in [3.8, 4) is 6.07 Å². The minimum Gasteiger partial charge on any atom is -0.211 e. The number of rotatable bonds is 3. The van der Waals surface area contributed by atoms with Gasteiger partial charge in [-0.15, -0.1) is 0 Å². The normalized spacial score (nSPS) is 21.0. The quantitative estimate of drug-likeness (QED) is 0.709. The summed E-state index contributed by atoms with van der Waals surface area (Å²) in [7, 11) is -1.82. The van der Waals surface area contributed by atoms with Crippen LogP contribution in [0.2, 0.25) is 0 Å². The summed E-state index contributed by atoms with van der Waals surface area (Å²) < 4.78 is 24.9. The Kier molecular flexibility index (Phi) is 3.51. The van der Waals surface area contributed by atoms with E-state index in [1.54, 1.807) is 13.1 Å². The van der Waals surface area contributed by atoms with Gasteiger partial charge in [-0.1, -0.05) is 12.8 Å². The zero-order valence-electron chi connectivity index (χ0n) is 8.60. The van der Waals surface area contributed by atoms with Crippen LogP contribution in [-0.2, 0) is 10.0 Å². The zero-order valence-corrected chi connectivity index (χ0v) is 9.42. The smallest absolute Gasteiger partial charge is 0.211 e. The van der Waals surface area contributed by atoms with Crippen molar-refractivity contribution in [2.45, 2.75) is 43.9 Å². The molecule has 1 rings (SSSR count). The van der Waals surface area contributed by atoms with Crippen LogP contribution in [0.4, 0.5) is 0 Å². The van der Waals surface area contributed by atoms with Crippen LogP contribution in [0.5, 0.6) is 0 Å². The summed E-state index contributed by atoms with van der Waals surface area (Å²) in [5, 5.41) is 7.67. The lowest BCUT2D eigenvalue weighted by Gasteiger charge is -2.24. The van der Waals surface area contributed by atoms with Gasteiger partial charge < -0.3 is 0 Å². The van der Waals surface area contributed by atoms with Gasteiger partial charge >= 0.3 is 0 Å². The summed E-state index contributed by atoms with van der Waals surface area (Å²) in [5.41, 5.74) is 0. The molecule has 0 aromatic heterocycles. The highest BCUT2D eigenvalue weighted by molar-refractivity contribution is 7.89. The molecule has 0 bridgehead atoms. The monoisotopic (exact) mass is 216 g/mol. The molecule has 80 valence electrons. The second kappa shape index (κ2) is 4.28. The summed E-state index contributed by atoms with van der Waals surface area (Å²) >= 11 is 0. The molecule has 14 heavy (non-hydrogen) atoms. The molecule has 0 spiro atoms. The van der Waals surface area contributed by atoms with E-state index in [-0.39, 0.29) is 6.04 Å². The van der Waals surface area contributed by atoms with Crippen molar-refractivity contribution in [1.29, 1.82) is 5.26 Å². The van der Waals surface area contributed by atoms with Crippen molar-refractivity contribution < 1.29 is 8.42 Å². The van der Waals surface area contributed by atoms with Crippen LogP contribution in [0, 0.1) is 11.3 Å². The Hall–Kier alpha value is -0.600. The van der Waals surface area contributed by atoms with Crippen LogP contribution < -0.4 is 0 Å². The predicted molar refractivity (Wildman–Crippen MR) is 54.0 cm³/mol. The topological polar surface area (TPSA) is 61.2 Å². The molecule has 0 heterocycles. The lowest BCUT2D eigenvalue weighted by Crippen LogP contribution is -2.39. The van der Waals surface area contributed by atoms with Gasteiger partial charge in [0.2, 0.25) is 10.0 Å². The molecule has 0 aliphatic heterocycles. The minimum absolute atomic E-state index is 0.107. The van der Waals surface area contributed by atoms with Gasteiger partial charge in [0.05, 0.1) is 6.07 Å². The molecule has 1 aliphatic rings. The molecule has 1 aliphatic carbocycles. The molecule has 5 heteroatoms. The Bertz CT molecular complexity index is 325. The summed E-state index contributed by atoms with van der Waals surface area (Å²) in [4.78, 5) is 0. The molecule has 0 aromatic carbocycles. The molecule has 1 fully saturated rings. The Morgan fingerprint density at radius 2 is 1.93 bits per heavy atom. The first-order valence-electron chi connectivity index (χ1n) is 4.86. The highest BCUT2D eigenvalue weighted by Gasteiger charge is 2.32. The highest BCUT2D eigenvalue weighted by Crippen LogP contribution is 2.25. The van der Waals surface area contributed by atoms with E-state index in [4.69, 9.17) is 5.26 Å².